The molecule has 4 heterocycles. The smallest absolute Gasteiger partial charge is 0.410 e. The van der Waals surface area contributed by atoms with Crippen LogP contribution in [0.5, 0.6) is 5.75 Å². The molecular formula is C31H39N5O4. The number of rotatable bonds is 5. The van der Waals surface area contributed by atoms with Crippen molar-refractivity contribution in [3.63, 3.8) is 0 Å². The molecule has 40 heavy (non-hydrogen) atoms. The maximum atomic E-state index is 12.3. The molecule has 0 bridgehead atoms. The van der Waals surface area contributed by atoms with Crippen molar-refractivity contribution in [2.75, 3.05) is 52.5 Å². The molecule has 0 aliphatic carbocycles. The summed E-state index contributed by atoms with van der Waals surface area (Å²) in [7, 11) is 0. The Morgan fingerprint density at radius 1 is 0.900 bits per heavy atom. The number of fused-ring (bicyclic) bond motifs is 3. The molecule has 2 fully saturated rings. The number of carbonyl (C=O) groups is 1. The summed E-state index contributed by atoms with van der Waals surface area (Å²) in [6, 6.07) is 15.2. The molecule has 0 unspecified atom stereocenters. The minimum Gasteiger partial charge on any atom is -0.483 e. The average molecular weight is 546 g/mol. The molecule has 2 saturated heterocycles. The predicted molar refractivity (Wildman–Crippen MR) is 153 cm³/mol. The Balaban J connectivity index is 1.07. The third-order valence-corrected chi connectivity index (χ3v) is 7.61. The highest BCUT2D eigenvalue weighted by atomic mass is 16.6. The van der Waals surface area contributed by atoms with Gasteiger partial charge in [0.15, 0.2) is 5.82 Å². The fourth-order valence-corrected chi connectivity index (χ4v) is 5.47. The third-order valence-electron chi connectivity index (χ3n) is 7.61. The molecule has 3 aliphatic rings. The Hall–Kier alpha value is -3.40. The molecule has 0 atom stereocenters. The van der Waals surface area contributed by atoms with E-state index in [1.165, 1.54) is 5.56 Å². The largest absolute Gasteiger partial charge is 0.483 e. The highest BCUT2D eigenvalue weighted by molar-refractivity contribution is 5.69. The lowest BCUT2D eigenvalue weighted by atomic mass is 10.0. The molecule has 0 spiro atoms. The highest BCUT2D eigenvalue weighted by Gasteiger charge is 2.26. The molecule has 212 valence electrons. The number of morpholine rings is 1. The minimum atomic E-state index is -0.463. The van der Waals surface area contributed by atoms with Crippen LogP contribution in [0.2, 0.25) is 0 Å². The lowest BCUT2D eigenvalue weighted by Gasteiger charge is -2.35. The van der Waals surface area contributed by atoms with Crippen molar-refractivity contribution in [2.24, 2.45) is 0 Å². The lowest BCUT2D eigenvalue weighted by Crippen LogP contribution is -2.49. The van der Waals surface area contributed by atoms with Crippen LogP contribution in [0.3, 0.4) is 0 Å². The molecule has 0 radical (unpaired) electrons. The quantitative estimate of drug-likeness (QED) is 0.473. The number of piperazine rings is 1. The first-order chi connectivity index (χ1) is 19.3. The lowest BCUT2D eigenvalue weighted by molar-refractivity contribution is 0.0139. The van der Waals surface area contributed by atoms with Gasteiger partial charge in [0.2, 0.25) is 0 Å². The fraction of sp³-hybridized carbons (Fsp3) is 0.484. The number of hydrogen-bond acceptors (Lipinski definition) is 7. The normalized spacial score (nSPS) is 18.1. The van der Waals surface area contributed by atoms with Crippen LogP contribution in [-0.4, -0.2) is 88.4 Å². The number of carbonyl (C=O) groups excluding carboxylic acids is 1. The Kier molecular flexibility index (Phi) is 7.53. The predicted octanol–water partition coefficient (Wildman–Crippen LogP) is 4.32. The number of amides is 1. The Bertz CT molecular complexity index is 1330. The summed E-state index contributed by atoms with van der Waals surface area (Å²) in [6.07, 6.45) is 1.93. The summed E-state index contributed by atoms with van der Waals surface area (Å²) in [4.78, 5) is 23.8. The van der Waals surface area contributed by atoms with Gasteiger partial charge in [0.1, 0.15) is 18.0 Å². The van der Waals surface area contributed by atoms with E-state index in [2.05, 4.69) is 63.0 Å². The van der Waals surface area contributed by atoms with E-state index in [4.69, 9.17) is 19.2 Å². The zero-order valence-electron chi connectivity index (χ0n) is 23.8. The van der Waals surface area contributed by atoms with Gasteiger partial charge >= 0.3 is 6.09 Å². The van der Waals surface area contributed by atoms with Gasteiger partial charge in [-0.3, -0.25) is 14.4 Å². The van der Waals surface area contributed by atoms with Gasteiger partial charge in [0.05, 0.1) is 24.6 Å². The van der Waals surface area contributed by atoms with Gasteiger partial charge in [0, 0.05) is 58.6 Å². The van der Waals surface area contributed by atoms with Crippen molar-refractivity contribution in [2.45, 2.75) is 46.1 Å². The SMILES string of the molecule is CC(C)(C)OC(=O)N1CCN(Cc2ccc(-c3ccc4c(c3)OCc3nc(CN5CCOCC5)cn3-4)cc2)CC1. The number of hydrogen-bond donors (Lipinski definition) is 0. The molecule has 3 aromatic rings. The maximum absolute atomic E-state index is 12.3. The van der Waals surface area contributed by atoms with Gasteiger partial charge in [-0.25, -0.2) is 9.78 Å². The number of imidazole rings is 1. The summed E-state index contributed by atoms with van der Waals surface area (Å²) >= 11 is 0. The standard InChI is InChI=1S/C31H39N5O4/c1-31(2,3)40-30(37)35-12-10-33(11-13-35)19-23-4-6-24(7-5-23)25-8-9-27-28(18-25)39-22-29-32-26(21-36(27)29)20-34-14-16-38-17-15-34/h4-9,18,21H,10-17,19-20,22H2,1-3H3. The van der Waals surface area contributed by atoms with E-state index in [9.17, 15) is 4.79 Å². The van der Waals surface area contributed by atoms with E-state index in [1.54, 1.807) is 4.90 Å². The number of nitrogens with zero attached hydrogens (tertiary/aromatic N) is 5. The molecule has 9 nitrogen and oxygen atoms in total. The highest BCUT2D eigenvalue weighted by Crippen LogP contribution is 2.34. The van der Waals surface area contributed by atoms with Crippen molar-refractivity contribution < 1.29 is 19.0 Å². The van der Waals surface area contributed by atoms with Crippen molar-refractivity contribution in [1.29, 1.82) is 0 Å². The van der Waals surface area contributed by atoms with E-state index in [-0.39, 0.29) is 6.09 Å². The van der Waals surface area contributed by atoms with Crippen molar-refractivity contribution in [1.82, 2.24) is 24.3 Å². The van der Waals surface area contributed by atoms with Crippen LogP contribution in [-0.2, 0) is 29.2 Å². The van der Waals surface area contributed by atoms with Crippen molar-refractivity contribution in [3.05, 3.63) is 65.7 Å². The zero-order chi connectivity index (χ0) is 27.7. The molecule has 2 aromatic carbocycles. The second-order valence-corrected chi connectivity index (χ2v) is 11.8. The first-order valence-electron chi connectivity index (χ1n) is 14.2. The monoisotopic (exact) mass is 545 g/mol. The molecule has 0 saturated carbocycles. The van der Waals surface area contributed by atoms with E-state index >= 15 is 0 Å². The Morgan fingerprint density at radius 3 is 2.33 bits per heavy atom. The molecule has 9 heteroatoms. The average Bonchev–Trinajstić information content (AvgIpc) is 3.36. The maximum Gasteiger partial charge on any atom is 0.410 e. The summed E-state index contributed by atoms with van der Waals surface area (Å²) in [5.74, 6) is 1.83. The fourth-order valence-electron chi connectivity index (χ4n) is 5.47. The van der Waals surface area contributed by atoms with E-state index in [0.717, 1.165) is 86.6 Å². The first-order valence-corrected chi connectivity index (χ1v) is 14.2. The molecule has 0 N–H and O–H groups in total. The van der Waals surface area contributed by atoms with E-state index in [0.29, 0.717) is 19.7 Å². The third kappa shape index (κ3) is 6.16. The molecule has 3 aliphatic heterocycles. The molecule has 1 aromatic heterocycles. The van der Waals surface area contributed by atoms with Crippen molar-refractivity contribution >= 4 is 6.09 Å². The number of aromatic nitrogens is 2. The second kappa shape index (κ2) is 11.2. The van der Waals surface area contributed by atoms with Gasteiger partial charge in [-0.05, 0) is 49.6 Å². The molecular weight excluding hydrogens is 506 g/mol. The summed E-state index contributed by atoms with van der Waals surface area (Å²) in [5, 5.41) is 0. The molecule has 6 rings (SSSR count). The van der Waals surface area contributed by atoms with Crippen LogP contribution in [0.25, 0.3) is 16.8 Å². The first kappa shape index (κ1) is 26.8. The van der Waals surface area contributed by atoms with Gasteiger partial charge in [0.25, 0.3) is 0 Å². The van der Waals surface area contributed by atoms with Crippen LogP contribution >= 0.6 is 0 Å². The van der Waals surface area contributed by atoms with Gasteiger partial charge in [-0.2, -0.15) is 0 Å². The topological polar surface area (TPSA) is 72.3 Å². The van der Waals surface area contributed by atoms with Gasteiger partial charge < -0.3 is 19.1 Å². The molecule has 1 amide bonds. The van der Waals surface area contributed by atoms with Crippen LogP contribution in [0, 0.1) is 0 Å². The zero-order valence-corrected chi connectivity index (χ0v) is 23.8. The van der Waals surface area contributed by atoms with E-state index < -0.39 is 5.60 Å². The van der Waals surface area contributed by atoms with Crippen LogP contribution in [0.15, 0.2) is 48.7 Å². The second-order valence-electron chi connectivity index (χ2n) is 11.8. The minimum absolute atomic E-state index is 0.219. The summed E-state index contributed by atoms with van der Waals surface area (Å²) < 4.78 is 19.3. The van der Waals surface area contributed by atoms with Gasteiger partial charge in [-0.1, -0.05) is 30.3 Å². The van der Waals surface area contributed by atoms with Crippen LogP contribution in [0.4, 0.5) is 4.79 Å². The van der Waals surface area contributed by atoms with Crippen LogP contribution < -0.4 is 4.74 Å². The van der Waals surface area contributed by atoms with Crippen molar-refractivity contribution in [3.8, 4) is 22.6 Å². The Labute approximate surface area is 236 Å². The summed E-state index contributed by atoms with van der Waals surface area (Å²) in [6.45, 7) is 14.4. The van der Waals surface area contributed by atoms with Crippen LogP contribution in [0.1, 0.15) is 37.9 Å². The Morgan fingerprint density at radius 2 is 1.60 bits per heavy atom. The summed E-state index contributed by atoms with van der Waals surface area (Å²) in [5.41, 5.74) is 5.20. The number of benzene rings is 2. The van der Waals surface area contributed by atoms with E-state index in [1.807, 2.05) is 20.8 Å². The number of ether oxygens (including phenoxy) is 3. The van der Waals surface area contributed by atoms with Gasteiger partial charge in [-0.15, -0.1) is 0 Å².